The van der Waals surface area contributed by atoms with Crippen molar-refractivity contribution in [3.8, 4) is 11.5 Å². The van der Waals surface area contributed by atoms with Gasteiger partial charge in [-0.3, -0.25) is 14.5 Å². The van der Waals surface area contributed by atoms with E-state index < -0.39 is 0 Å². The molecule has 7 nitrogen and oxygen atoms in total. The molecule has 1 fully saturated rings. The number of hydrogen-bond donors (Lipinski definition) is 2. The number of benzene rings is 1. The van der Waals surface area contributed by atoms with Crippen LogP contribution in [0.1, 0.15) is 31.4 Å². The van der Waals surface area contributed by atoms with E-state index in [1.54, 1.807) is 7.05 Å². The van der Waals surface area contributed by atoms with Crippen molar-refractivity contribution in [1.82, 2.24) is 15.5 Å². The maximum absolute atomic E-state index is 12.3. The molecule has 0 unspecified atom stereocenters. The molecule has 2 aliphatic heterocycles. The summed E-state index contributed by atoms with van der Waals surface area (Å²) in [5.41, 5.74) is 0.982. The van der Waals surface area contributed by atoms with Crippen LogP contribution >= 0.6 is 0 Å². The van der Waals surface area contributed by atoms with Crippen LogP contribution in [-0.2, 0) is 9.59 Å². The Hall–Kier alpha value is -2.28. The Morgan fingerprint density at radius 1 is 1.24 bits per heavy atom. The number of rotatable bonds is 5. The molecule has 0 aliphatic carbocycles. The second-order valence-electron chi connectivity index (χ2n) is 6.57. The number of nitrogens with zero attached hydrogens (tertiary/aromatic N) is 1. The average molecular weight is 347 g/mol. The van der Waals surface area contributed by atoms with Crippen LogP contribution in [0.4, 0.5) is 0 Å². The van der Waals surface area contributed by atoms with E-state index in [9.17, 15) is 9.59 Å². The van der Waals surface area contributed by atoms with Crippen molar-refractivity contribution in [2.45, 2.75) is 25.8 Å². The van der Waals surface area contributed by atoms with E-state index in [4.69, 9.17) is 9.47 Å². The zero-order valence-corrected chi connectivity index (χ0v) is 14.7. The topological polar surface area (TPSA) is 79.9 Å². The van der Waals surface area contributed by atoms with E-state index >= 15 is 0 Å². The second kappa shape index (κ2) is 7.74. The first-order chi connectivity index (χ1) is 12.1. The van der Waals surface area contributed by atoms with Gasteiger partial charge in [-0.05, 0) is 50.6 Å². The molecule has 7 heteroatoms. The third-order valence-corrected chi connectivity index (χ3v) is 4.85. The summed E-state index contributed by atoms with van der Waals surface area (Å²) >= 11 is 0. The van der Waals surface area contributed by atoms with E-state index in [2.05, 4.69) is 15.5 Å². The van der Waals surface area contributed by atoms with Gasteiger partial charge in [0.15, 0.2) is 11.5 Å². The Morgan fingerprint density at radius 3 is 2.68 bits per heavy atom. The zero-order chi connectivity index (χ0) is 17.8. The molecular weight excluding hydrogens is 322 g/mol. The summed E-state index contributed by atoms with van der Waals surface area (Å²) in [6, 6.07) is 5.60. The highest BCUT2D eigenvalue weighted by molar-refractivity contribution is 5.79. The summed E-state index contributed by atoms with van der Waals surface area (Å²) in [6.07, 6.45) is 1.59. The molecule has 0 radical (unpaired) electrons. The van der Waals surface area contributed by atoms with E-state index in [-0.39, 0.29) is 30.6 Å². The van der Waals surface area contributed by atoms with Crippen molar-refractivity contribution in [1.29, 1.82) is 0 Å². The average Bonchev–Trinajstić information content (AvgIpc) is 3.09. The standard InChI is InChI=1S/C18H25N3O4/c1-12(14-3-4-15-16(9-14)25-11-24-15)20-17(22)10-21-7-5-13(6-8-21)18(23)19-2/h3-4,9,12-13H,5-8,10-11H2,1-2H3,(H,19,23)(H,20,22)/t12-/m0/s1. The number of ether oxygens (including phenoxy) is 2. The number of hydrogen-bond acceptors (Lipinski definition) is 5. The molecular formula is C18H25N3O4. The Bertz CT molecular complexity index is 641. The van der Waals surface area contributed by atoms with Gasteiger partial charge in [0.2, 0.25) is 18.6 Å². The normalized spacial score (nSPS) is 18.6. The van der Waals surface area contributed by atoms with Gasteiger partial charge in [-0.2, -0.15) is 0 Å². The molecule has 2 N–H and O–H groups in total. The number of likely N-dealkylation sites (tertiary alicyclic amines) is 1. The van der Waals surface area contributed by atoms with Gasteiger partial charge in [0.1, 0.15) is 0 Å². The fourth-order valence-corrected chi connectivity index (χ4v) is 3.31. The van der Waals surface area contributed by atoms with Crippen LogP contribution in [0.2, 0.25) is 0 Å². The molecule has 136 valence electrons. The summed E-state index contributed by atoms with van der Waals surface area (Å²) in [7, 11) is 1.67. The number of piperidine rings is 1. The minimum absolute atomic E-state index is 0.0106. The molecule has 1 saturated heterocycles. The number of amides is 2. The number of carbonyl (C=O) groups is 2. The first-order valence-electron chi connectivity index (χ1n) is 8.69. The number of nitrogens with one attached hydrogen (secondary N) is 2. The van der Waals surface area contributed by atoms with Crippen molar-refractivity contribution in [2.75, 3.05) is 33.5 Å². The van der Waals surface area contributed by atoms with Crippen molar-refractivity contribution in [3.63, 3.8) is 0 Å². The minimum atomic E-state index is -0.106. The Kier molecular flexibility index (Phi) is 5.43. The van der Waals surface area contributed by atoms with Gasteiger partial charge in [-0.1, -0.05) is 6.07 Å². The smallest absolute Gasteiger partial charge is 0.234 e. The largest absolute Gasteiger partial charge is 0.454 e. The molecule has 2 heterocycles. The van der Waals surface area contributed by atoms with Gasteiger partial charge in [0.25, 0.3) is 0 Å². The minimum Gasteiger partial charge on any atom is -0.454 e. The van der Waals surface area contributed by atoms with Gasteiger partial charge in [0, 0.05) is 13.0 Å². The van der Waals surface area contributed by atoms with E-state index in [0.717, 1.165) is 43.0 Å². The summed E-state index contributed by atoms with van der Waals surface area (Å²) in [6.45, 7) is 4.09. The Balaban J connectivity index is 1.47. The zero-order valence-electron chi connectivity index (χ0n) is 14.7. The lowest BCUT2D eigenvalue weighted by atomic mass is 9.96. The lowest BCUT2D eigenvalue weighted by molar-refractivity contribution is -0.126. The van der Waals surface area contributed by atoms with Gasteiger partial charge in [0.05, 0.1) is 12.6 Å². The van der Waals surface area contributed by atoms with Crippen LogP contribution in [0.5, 0.6) is 11.5 Å². The van der Waals surface area contributed by atoms with Crippen LogP contribution in [0.3, 0.4) is 0 Å². The van der Waals surface area contributed by atoms with E-state index in [0.29, 0.717) is 6.54 Å². The van der Waals surface area contributed by atoms with Crippen LogP contribution in [-0.4, -0.2) is 50.2 Å². The molecule has 25 heavy (non-hydrogen) atoms. The number of fused-ring (bicyclic) bond motifs is 1. The van der Waals surface area contributed by atoms with Crippen LogP contribution in [0, 0.1) is 5.92 Å². The quantitative estimate of drug-likeness (QED) is 0.832. The second-order valence-corrected chi connectivity index (χ2v) is 6.57. The van der Waals surface area contributed by atoms with Crippen LogP contribution < -0.4 is 20.1 Å². The lowest BCUT2D eigenvalue weighted by Gasteiger charge is -2.30. The monoisotopic (exact) mass is 347 g/mol. The van der Waals surface area contributed by atoms with E-state index in [1.807, 2.05) is 25.1 Å². The molecule has 1 atom stereocenters. The van der Waals surface area contributed by atoms with Crippen molar-refractivity contribution in [2.24, 2.45) is 5.92 Å². The number of carbonyl (C=O) groups excluding carboxylic acids is 2. The fraction of sp³-hybridized carbons (Fsp3) is 0.556. The molecule has 0 bridgehead atoms. The maximum atomic E-state index is 12.3. The first-order valence-corrected chi connectivity index (χ1v) is 8.69. The van der Waals surface area contributed by atoms with Crippen LogP contribution in [0.15, 0.2) is 18.2 Å². The molecule has 1 aromatic rings. The molecule has 0 spiro atoms. The SMILES string of the molecule is CNC(=O)C1CCN(CC(=O)N[C@@H](C)c2ccc3c(c2)OCO3)CC1. The molecule has 2 aliphatic rings. The summed E-state index contributed by atoms with van der Waals surface area (Å²) < 4.78 is 10.7. The molecule has 2 amide bonds. The molecule has 0 aromatic heterocycles. The third-order valence-electron chi connectivity index (χ3n) is 4.85. The maximum Gasteiger partial charge on any atom is 0.234 e. The van der Waals surface area contributed by atoms with Gasteiger partial charge in [-0.25, -0.2) is 0 Å². The summed E-state index contributed by atoms with van der Waals surface area (Å²) in [5, 5.41) is 5.72. The Labute approximate surface area is 147 Å². The van der Waals surface area contributed by atoms with Gasteiger partial charge < -0.3 is 20.1 Å². The van der Waals surface area contributed by atoms with Crippen molar-refractivity contribution in [3.05, 3.63) is 23.8 Å². The third kappa shape index (κ3) is 4.22. The van der Waals surface area contributed by atoms with Crippen LogP contribution in [0.25, 0.3) is 0 Å². The highest BCUT2D eigenvalue weighted by Crippen LogP contribution is 2.34. The van der Waals surface area contributed by atoms with Crippen molar-refractivity contribution < 1.29 is 19.1 Å². The van der Waals surface area contributed by atoms with E-state index in [1.165, 1.54) is 0 Å². The predicted molar refractivity (Wildman–Crippen MR) is 92.4 cm³/mol. The highest BCUT2D eigenvalue weighted by Gasteiger charge is 2.25. The molecule has 1 aromatic carbocycles. The summed E-state index contributed by atoms with van der Waals surface area (Å²) in [5.74, 6) is 1.61. The van der Waals surface area contributed by atoms with Gasteiger partial charge in [-0.15, -0.1) is 0 Å². The summed E-state index contributed by atoms with van der Waals surface area (Å²) in [4.78, 5) is 26.1. The molecule has 3 rings (SSSR count). The van der Waals surface area contributed by atoms with Crippen molar-refractivity contribution >= 4 is 11.8 Å². The van der Waals surface area contributed by atoms with Gasteiger partial charge >= 0.3 is 0 Å². The highest BCUT2D eigenvalue weighted by atomic mass is 16.7. The first kappa shape index (κ1) is 17.5. The predicted octanol–water partition coefficient (Wildman–Crippen LogP) is 1.05. The molecule has 0 saturated carbocycles. The fourth-order valence-electron chi connectivity index (χ4n) is 3.31. The lowest BCUT2D eigenvalue weighted by Crippen LogP contribution is -2.44. The Morgan fingerprint density at radius 2 is 1.96 bits per heavy atom.